The molecule has 0 saturated carbocycles. The summed E-state index contributed by atoms with van der Waals surface area (Å²) in [5.41, 5.74) is 10.5. The zero-order valence-corrected chi connectivity index (χ0v) is 25.6. The van der Waals surface area contributed by atoms with Crippen LogP contribution < -0.4 is 4.74 Å². The van der Waals surface area contributed by atoms with Gasteiger partial charge in [0.1, 0.15) is 17.4 Å². The number of aliphatic carboxylic acids is 1. The Bertz CT molecular complexity index is 1900. The number of aryl methyl sites for hydroxylation is 1. The van der Waals surface area contributed by atoms with Crippen molar-refractivity contribution in [3.8, 4) is 22.9 Å². The van der Waals surface area contributed by atoms with Crippen molar-refractivity contribution < 1.29 is 32.2 Å². The van der Waals surface area contributed by atoms with E-state index in [1.54, 1.807) is 24.4 Å². The fourth-order valence-electron chi connectivity index (χ4n) is 5.13. The summed E-state index contributed by atoms with van der Waals surface area (Å²) in [7, 11) is 0. The lowest BCUT2D eigenvalue weighted by atomic mass is 9.90. The largest absolute Gasteiger partial charge is 0.481 e. The highest BCUT2D eigenvalue weighted by atomic mass is 127. The number of rotatable bonds is 13. The van der Waals surface area contributed by atoms with Crippen molar-refractivity contribution >= 4 is 39.5 Å². The van der Waals surface area contributed by atoms with Crippen LogP contribution in [0.15, 0.2) is 72.1 Å². The predicted molar refractivity (Wildman–Crippen MR) is 167 cm³/mol. The monoisotopic (exact) mass is 732 g/mol. The number of carboxylic acids is 1. The lowest BCUT2D eigenvalue weighted by molar-refractivity contribution is -0.136. The second-order valence-electron chi connectivity index (χ2n) is 10.3. The summed E-state index contributed by atoms with van der Waals surface area (Å²) in [5, 5.41) is 12.8. The molecule has 0 saturated heterocycles. The lowest BCUT2D eigenvalue weighted by Gasteiger charge is -2.20. The van der Waals surface area contributed by atoms with E-state index in [-0.39, 0.29) is 42.1 Å². The molecular weight excluding hydrogens is 707 g/mol. The van der Waals surface area contributed by atoms with Gasteiger partial charge in [-0.1, -0.05) is 17.2 Å². The highest BCUT2D eigenvalue weighted by Crippen LogP contribution is 2.38. The summed E-state index contributed by atoms with van der Waals surface area (Å²) in [6.07, 6.45) is 2.18. The third-order valence-electron chi connectivity index (χ3n) is 7.25. The first-order chi connectivity index (χ1) is 21.5. The fraction of sp³-hybridized carbons (Fsp3) is 0.226. The van der Waals surface area contributed by atoms with Crippen LogP contribution in [-0.2, 0) is 11.2 Å². The highest BCUT2D eigenvalue weighted by Gasteiger charge is 2.30. The average molecular weight is 732 g/mol. The molecule has 0 bridgehead atoms. The Labute approximate surface area is 267 Å². The Hall–Kier alpha value is -4.56. The number of ether oxygens (including phenoxy) is 1. The summed E-state index contributed by atoms with van der Waals surface area (Å²) in [4.78, 5) is 24.0. The molecule has 3 aromatic carbocycles. The lowest BCUT2D eigenvalue weighted by Crippen LogP contribution is -2.21. The van der Waals surface area contributed by atoms with E-state index in [1.807, 2.05) is 12.1 Å². The number of H-pyrrole nitrogens is 2. The SMILES string of the molecule is [N-]=[N+]=NCC(F)(F)CCC(c1cccc(I)c1)c1cnc(-c2cc(Oc3c(F)cc4[nH]ccc4c3CCC(=O)O)ccc2F)[nH]1. The molecule has 0 aliphatic rings. The standard InChI is InChI=1S/C31H25F4IN6O3/c32-24-6-4-19(45-29-22(5-7-28(43)44)21-9-11-38-26(21)14-25(29)33)13-23(24)30-39-15-27(41-30)20(17-2-1-3-18(36)12-17)8-10-31(34,35)16-40-42-37/h1-4,6,9,11-15,20,38H,5,7-8,10,16H2,(H,39,41)(H,43,44). The number of alkyl halides is 2. The minimum absolute atomic E-state index is 0.00586. The predicted octanol–water partition coefficient (Wildman–Crippen LogP) is 9.11. The van der Waals surface area contributed by atoms with Crippen LogP contribution in [0.2, 0.25) is 0 Å². The number of imidazole rings is 1. The Balaban J connectivity index is 1.47. The van der Waals surface area contributed by atoms with Crippen LogP contribution in [0, 0.1) is 15.2 Å². The van der Waals surface area contributed by atoms with E-state index < -0.39 is 42.4 Å². The van der Waals surface area contributed by atoms with Crippen molar-refractivity contribution in [3.63, 3.8) is 0 Å². The Morgan fingerprint density at radius 1 is 1.16 bits per heavy atom. The van der Waals surface area contributed by atoms with Crippen LogP contribution in [-0.4, -0.2) is 38.5 Å². The Morgan fingerprint density at radius 2 is 1.98 bits per heavy atom. The maximum absolute atomic E-state index is 15.2. The summed E-state index contributed by atoms with van der Waals surface area (Å²) >= 11 is 2.12. The molecule has 0 aliphatic carbocycles. The molecule has 9 nitrogen and oxygen atoms in total. The Morgan fingerprint density at radius 3 is 2.73 bits per heavy atom. The molecule has 0 amide bonds. The van der Waals surface area contributed by atoms with Crippen molar-refractivity contribution in [3.05, 3.63) is 109 Å². The van der Waals surface area contributed by atoms with Crippen LogP contribution in [0.25, 0.3) is 32.7 Å². The normalized spacial score (nSPS) is 12.2. The van der Waals surface area contributed by atoms with E-state index in [4.69, 9.17) is 10.3 Å². The molecule has 0 fully saturated rings. The molecule has 1 unspecified atom stereocenters. The van der Waals surface area contributed by atoms with E-state index >= 15 is 8.78 Å². The van der Waals surface area contributed by atoms with Gasteiger partial charge >= 0.3 is 5.97 Å². The van der Waals surface area contributed by atoms with Gasteiger partial charge in [0, 0.05) is 67.9 Å². The van der Waals surface area contributed by atoms with Crippen molar-refractivity contribution in [1.29, 1.82) is 0 Å². The quantitative estimate of drug-likeness (QED) is 0.0365. The fourth-order valence-corrected chi connectivity index (χ4v) is 5.69. The van der Waals surface area contributed by atoms with Crippen molar-refractivity contribution in [1.82, 2.24) is 15.0 Å². The van der Waals surface area contributed by atoms with E-state index in [0.29, 0.717) is 22.2 Å². The molecule has 0 radical (unpaired) electrons. The van der Waals surface area contributed by atoms with Crippen molar-refractivity contribution in [2.45, 2.75) is 37.5 Å². The molecule has 1 atom stereocenters. The number of nitrogens with one attached hydrogen (secondary N) is 2. The molecule has 3 N–H and O–H groups in total. The number of fused-ring (bicyclic) bond motifs is 1. The smallest absolute Gasteiger partial charge is 0.303 e. The van der Waals surface area contributed by atoms with Gasteiger partial charge < -0.3 is 19.8 Å². The number of hydrogen-bond donors (Lipinski definition) is 3. The number of carbonyl (C=O) groups is 1. The molecule has 5 rings (SSSR count). The summed E-state index contributed by atoms with van der Waals surface area (Å²) in [6, 6.07) is 14.0. The molecule has 2 heterocycles. The maximum Gasteiger partial charge on any atom is 0.303 e. The molecule has 0 spiro atoms. The van der Waals surface area contributed by atoms with Gasteiger partial charge in [0.15, 0.2) is 11.6 Å². The highest BCUT2D eigenvalue weighted by molar-refractivity contribution is 14.1. The minimum atomic E-state index is -3.23. The topological polar surface area (TPSA) is 140 Å². The molecular formula is C31H25F4IN6O3. The first-order valence-electron chi connectivity index (χ1n) is 13.7. The summed E-state index contributed by atoms with van der Waals surface area (Å²) in [6.45, 7) is -0.968. The number of hydrogen-bond acceptors (Lipinski definition) is 4. The molecule has 2 aromatic heterocycles. The molecule has 45 heavy (non-hydrogen) atoms. The average Bonchev–Trinajstić information content (AvgIpc) is 3.67. The molecule has 0 aliphatic heterocycles. The Kier molecular flexibility index (Phi) is 9.63. The number of carboxylic acid groups (broad SMARTS) is 1. The number of nitrogens with zero attached hydrogens (tertiary/aromatic N) is 4. The zero-order chi connectivity index (χ0) is 32.1. The zero-order valence-electron chi connectivity index (χ0n) is 23.4. The van der Waals surface area contributed by atoms with Crippen LogP contribution in [0.5, 0.6) is 11.5 Å². The van der Waals surface area contributed by atoms with Gasteiger partial charge in [0.2, 0.25) is 0 Å². The number of azide groups is 1. The van der Waals surface area contributed by atoms with Crippen molar-refractivity contribution in [2.75, 3.05) is 6.54 Å². The maximum atomic E-state index is 15.2. The second kappa shape index (κ2) is 13.6. The van der Waals surface area contributed by atoms with Crippen LogP contribution in [0.4, 0.5) is 17.6 Å². The van der Waals surface area contributed by atoms with Gasteiger partial charge in [-0.25, -0.2) is 22.5 Å². The van der Waals surface area contributed by atoms with Gasteiger partial charge in [-0.15, -0.1) is 0 Å². The van der Waals surface area contributed by atoms with E-state index in [0.717, 1.165) is 15.2 Å². The van der Waals surface area contributed by atoms with E-state index in [1.165, 1.54) is 24.4 Å². The summed E-state index contributed by atoms with van der Waals surface area (Å²) < 4.78 is 66.0. The van der Waals surface area contributed by atoms with Gasteiger partial charge in [-0.3, -0.25) is 4.79 Å². The van der Waals surface area contributed by atoms with Crippen LogP contribution >= 0.6 is 22.6 Å². The number of halogens is 5. The van der Waals surface area contributed by atoms with Crippen LogP contribution in [0.1, 0.15) is 42.0 Å². The molecule has 5 aromatic rings. The van der Waals surface area contributed by atoms with Gasteiger partial charge in [-0.2, -0.15) is 0 Å². The number of aromatic nitrogens is 3. The summed E-state index contributed by atoms with van der Waals surface area (Å²) in [5.74, 6) is -6.26. The molecule has 232 valence electrons. The number of benzene rings is 3. The molecule has 14 heteroatoms. The van der Waals surface area contributed by atoms with E-state index in [9.17, 15) is 18.7 Å². The second-order valence-corrected chi connectivity index (χ2v) is 11.6. The number of aromatic amines is 2. The minimum Gasteiger partial charge on any atom is -0.481 e. The first-order valence-corrected chi connectivity index (χ1v) is 14.8. The van der Waals surface area contributed by atoms with Gasteiger partial charge in [-0.05, 0) is 82.9 Å². The van der Waals surface area contributed by atoms with Crippen molar-refractivity contribution in [2.24, 2.45) is 5.11 Å². The van der Waals surface area contributed by atoms with Gasteiger partial charge in [0.05, 0.1) is 12.1 Å². The van der Waals surface area contributed by atoms with Crippen LogP contribution in [0.3, 0.4) is 0 Å². The first kappa shape index (κ1) is 31.9. The third kappa shape index (κ3) is 7.57. The van der Waals surface area contributed by atoms with Gasteiger partial charge in [0.25, 0.3) is 5.92 Å². The third-order valence-corrected chi connectivity index (χ3v) is 7.92. The van der Waals surface area contributed by atoms with E-state index in [2.05, 4.69) is 47.6 Å².